The second-order valence-corrected chi connectivity index (χ2v) is 7.00. The fourth-order valence-corrected chi connectivity index (χ4v) is 3.37. The fourth-order valence-electron chi connectivity index (χ4n) is 2.59. The molecule has 0 N–H and O–H groups in total. The van der Waals surface area contributed by atoms with Crippen molar-refractivity contribution in [3.8, 4) is 22.0 Å². The zero-order valence-electron chi connectivity index (χ0n) is 15.2. The zero-order valence-corrected chi connectivity index (χ0v) is 16.1. The highest BCUT2D eigenvalue weighted by atomic mass is 32.1. The second-order valence-electron chi connectivity index (χ2n) is 6.14. The van der Waals surface area contributed by atoms with Crippen LogP contribution in [0.5, 0.6) is 0 Å². The summed E-state index contributed by atoms with van der Waals surface area (Å²) in [6.07, 6.45) is 3.72. The van der Waals surface area contributed by atoms with Crippen LogP contribution in [0.3, 0.4) is 0 Å². The summed E-state index contributed by atoms with van der Waals surface area (Å²) in [4.78, 5) is 24.9. The highest BCUT2D eigenvalue weighted by Gasteiger charge is 2.12. The lowest BCUT2D eigenvalue weighted by Gasteiger charge is -2.01. The Morgan fingerprint density at radius 2 is 2.00 bits per heavy atom. The molecule has 0 bridgehead atoms. The average Bonchev–Trinajstić information content (AvgIpc) is 3.42. The van der Waals surface area contributed by atoms with E-state index in [0.29, 0.717) is 23.8 Å². The molecule has 8 heteroatoms. The molecule has 0 atom stereocenters. The van der Waals surface area contributed by atoms with Gasteiger partial charge in [-0.15, -0.1) is 11.3 Å². The number of nitrogens with zero attached hydrogens (tertiary/aromatic N) is 3. The summed E-state index contributed by atoms with van der Waals surface area (Å²) in [5.41, 5.74) is 2.19. The molecule has 1 aromatic carbocycles. The third kappa shape index (κ3) is 4.91. The number of esters is 1. The van der Waals surface area contributed by atoms with E-state index in [0.717, 1.165) is 16.3 Å². The number of hydrogen-bond donors (Lipinski definition) is 0. The Kier molecular flexibility index (Phi) is 5.71. The topological polar surface area (TPSA) is 78.1 Å². The summed E-state index contributed by atoms with van der Waals surface area (Å²) in [6, 6.07) is 11.6. The van der Waals surface area contributed by atoms with Crippen LogP contribution in [0.4, 0.5) is 4.39 Å². The molecule has 0 aliphatic heterocycles. The van der Waals surface area contributed by atoms with Gasteiger partial charge in [0.2, 0.25) is 0 Å². The van der Waals surface area contributed by atoms with E-state index >= 15 is 0 Å². The van der Waals surface area contributed by atoms with Crippen molar-refractivity contribution in [2.45, 2.75) is 19.4 Å². The fraction of sp³-hybridized carbons (Fsp3) is 0.143. The first kappa shape index (κ1) is 18.9. The molecule has 0 aliphatic rings. The zero-order chi connectivity index (χ0) is 20.1. The van der Waals surface area contributed by atoms with Gasteiger partial charge in [0.05, 0.1) is 24.0 Å². The van der Waals surface area contributed by atoms with E-state index in [1.807, 2.05) is 23.6 Å². The van der Waals surface area contributed by atoms with Gasteiger partial charge in [-0.1, -0.05) is 6.07 Å². The highest BCUT2D eigenvalue weighted by Crippen LogP contribution is 2.22. The van der Waals surface area contributed by atoms with Gasteiger partial charge < -0.3 is 9.15 Å². The van der Waals surface area contributed by atoms with Crippen molar-refractivity contribution < 1.29 is 18.3 Å². The first-order chi connectivity index (χ1) is 14.2. The molecule has 0 amide bonds. The molecule has 0 unspecified atom stereocenters. The largest absolute Gasteiger partial charge is 0.459 e. The van der Waals surface area contributed by atoms with Crippen LogP contribution in [0, 0.1) is 5.82 Å². The van der Waals surface area contributed by atoms with E-state index in [1.54, 1.807) is 24.5 Å². The maximum absolute atomic E-state index is 13.0. The quantitative estimate of drug-likeness (QED) is 0.413. The number of oxazole rings is 1. The minimum atomic E-state index is -0.362. The van der Waals surface area contributed by atoms with Crippen LogP contribution in [0.1, 0.15) is 18.0 Å². The Balaban J connectivity index is 1.27. The third-order valence-corrected chi connectivity index (χ3v) is 4.96. The highest BCUT2D eigenvalue weighted by molar-refractivity contribution is 7.13. The van der Waals surface area contributed by atoms with Gasteiger partial charge in [0.15, 0.2) is 11.7 Å². The van der Waals surface area contributed by atoms with Crippen molar-refractivity contribution in [3.05, 3.63) is 77.6 Å². The summed E-state index contributed by atoms with van der Waals surface area (Å²) in [6.45, 7) is 0.106. The number of ether oxygens (including phenoxy) is 1. The minimum Gasteiger partial charge on any atom is -0.459 e. The van der Waals surface area contributed by atoms with Gasteiger partial charge in [-0.05, 0) is 36.4 Å². The predicted molar refractivity (Wildman–Crippen MR) is 105 cm³/mol. The standard InChI is InChI=1S/C21H16FN3O3S/c22-15-6-4-14(5-7-15)18-11-24-19(28-18)8-9-20(26)27-12-16-13-29-21(25-16)17-3-1-2-10-23-17/h1-7,10-11,13H,8-9,12H2. The molecular formula is C21H16FN3O3S. The second kappa shape index (κ2) is 8.74. The van der Waals surface area contributed by atoms with Crippen molar-refractivity contribution in [3.63, 3.8) is 0 Å². The van der Waals surface area contributed by atoms with Crippen LogP contribution in [0.2, 0.25) is 0 Å². The van der Waals surface area contributed by atoms with Crippen LogP contribution in [0.25, 0.3) is 22.0 Å². The molecule has 0 saturated heterocycles. The van der Waals surface area contributed by atoms with E-state index in [-0.39, 0.29) is 24.8 Å². The third-order valence-electron chi connectivity index (χ3n) is 4.04. The number of hydrogen-bond acceptors (Lipinski definition) is 7. The van der Waals surface area contributed by atoms with Gasteiger partial charge in [-0.3, -0.25) is 9.78 Å². The predicted octanol–water partition coefficient (Wildman–Crippen LogP) is 4.68. The number of benzene rings is 1. The lowest BCUT2D eigenvalue weighted by Crippen LogP contribution is -2.06. The van der Waals surface area contributed by atoms with Gasteiger partial charge in [0, 0.05) is 23.6 Å². The monoisotopic (exact) mass is 409 g/mol. The molecule has 29 heavy (non-hydrogen) atoms. The molecule has 4 rings (SSSR count). The number of carbonyl (C=O) groups excluding carboxylic acids is 1. The van der Waals surface area contributed by atoms with Crippen LogP contribution in [-0.4, -0.2) is 20.9 Å². The Labute approximate surface area is 170 Å². The summed E-state index contributed by atoms with van der Waals surface area (Å²) in [7, 11) is 0. The molecule has 6 nitrogen and oxygen atoms in total. The van der Waals surface area contributed by atoms with Crippen molar-refractivity contribution in [2.75, 3.05) is 0 Å². The lowest BCUT2D eigenvalue weighted by atomic mass is 10.2. The summed E-state index contributed by atoms with van der Waals surface area (Å²) in [5, 5.41) is 2.63. The van der Waals surface area contributed by atoms with Crippen LogP contribution in [0.15, 0.2) is 64.7 Å². The Bertz CT molecular complexity index is 1090. The first-order valence-corrected chi connectivity index (χ1v) is 9.77. The Morgan fingerprint density at radius 1 is 1.14 bits per heavy atom. The summed E-state index contributed by atoms with van der Waals surface area (Å²) >= 11 is 1.45. The molecule has 4 aromatic rings. The van der Waals surface area contributed by atoms with Gasteiger partial charge in [-0.25, -0.2) is 14.4 Å². The van der Waals surface area contributed by atoms with Crippen LogP contribution in [-0.2, 0) is 22.6 Å². The van der Waals surface area contributed by atoms with Crippen molar-refractivity contribution in [1.82, 2.24) is 15.0 Å². The molecular weight excluding hydrogens is 393 g/mol. The molecule has 0 spiro atoms. The van der Waals surface area contributed by atoms with Gasteiger partial charge in [0.1, 0.15) is 17.4 Å². The van der Waals surface area contributed by atoms with Gasteiger partial charge in [-0.2, -0.15) is 0 Å². The van der Waals surface area contributed by atoms with Crippen molar-refractivity contribution >= 4 is 17.3 Å². The first-order valence-electron chi connectivity index (χ1n) is 8.89. The Hall–Kier alpha value is -3.39. The van der Waals surface area contributed by atoms with Crippen molar-refractivity contribution in [2.24, 2.45) is 0 Å². The maximum Gasteiger partial charge on any atom is 0.306 e. The molecule has 0 radical (unpaired) electrons. The lowest BCUT2D eigenvalue weighted by molar-refractivity contribution is -0.145. The summed E-state index contributed by atoms with van der Waals surface area (Å²) < 4.78 is 23.9. The van der Waals surface area contributed by atoms with Crippen LogP contribution >= 0.6 is 11.3 Å². The number of carbonyl (C=O) groups is 1. The number of rotatable bonds is 7. The number of aryl methyl sites for hydroxylation is 1. The molecule has 146 valence electrons. The van der Waals surface area contributed by atoms with Crippen molar-refractivity contribution in [1.29, 1.82) is 0 Å². The molecule has 0 fully saturated rings. The Morgan fingerprint density at radius 3 is 2.79 bits per heavy atom. The molecule has 3 aromatic heterocycles. The molecule has 0 aliphatic carbocycles. The minimum absolute atomic E-state index is 0.106. The van der Waals surface area contributed by atoms with E-state index < -0.39 is 0 Å². The average molecular weight is 409 g/mol. The molecule has 3 heterocycles. The maximum atomic E-state index is 13.0. The number of halogens is 1. The van der Waals surface area contributed by atoms with E-state index in [4.69, 9.17) is 9.15 Å². The van der Waals surface area contributed by atoms with Crippen LogP contribution < -0.4 is 0 Å². The number of aromatic nitrogens is 3. The number of thiazole rings is 1. The van der Waals surface area contributed by atoms with E-state index in [9.17, 15) is 9.18 Å². The van der Waals surface area contributed by atoms with E-state index in [1.165, 1.54) is 23.5 Å². The smallest absolute Gasteiger partial charge is 0.306 e. The molecule has 0 saturated carbocycles. The van der Waals surface area contributed by atoms with Gasteiger partial charge in [0.25, 0.3) is 0 Å². The van der Waals surface area contributed by atoms with Gasteiger partial charge >= 0.3 is 5.97 Å². The SMILES string of the molecule is O=C(CCc1ncc(-c2ccc(F)cc2)o1)OCc1csc(-c2ccccn2)n1. The summed E-state index contributed by atoms with van der Waals surface area (Å²) in [5.74, 6) is 0.271. The normalized spacial score (nSPS) is 10.8. The van der Waals surface area contributed by atoms with E-state index in [2.05, 4.69) is 15.0 Å². The number of pyridine rings is 1.